The largest absolute Gasteiger partial charge is 0.302 e. The number of carbonyl (C=O) groups is 1. The summed E-state index contributed by atoms with van der Waals surface area (Å²) in [6.45, 7) is 13.9. The Kier molecular flexibility index (Phi) is 8.20. The van der Waals surface area contributed by atoms with Crippen LogP contribution in [0.5, 0.6) is 0 Å². The Morgan fingerprint density at radius 3 is 2.34 bits per heavy atom. The quantitative estimate of drug-likeness (QED) is 0.486. The predicted molar refractivity (Wildman–Crippen MR) is 127 cm³/mol. The number of thiazole rings is 1. The van der Waals surface area contributed by atoms with Crippen molar-refractivity contribution in [3.63, 3.8) is 0 Å². The summed E-state index contributed by atoms with van der Waals surface area (Å²) in [5.74, 6) is 0.0170. The minimum atomic E-state index is 0. The van der Waals surface area contributed by atoms with Gasteiger partial charge in [-0.2, -0.15) is 0 Å². The molecule has 0 fully saturated rings. The van der Waals surface area contributed by atoms with Gasteiger partial charge in [0.2, 0.25) is 0 Å². The monoisotopic (exact) mass is 431 g/mol. The lowest BCUT2D eigenvalue weighted by atomic mass is 10.1. The first-order valence-electron chi connectivity index (χ1n) is 9.91. The van der Waals surface area contributed by atoms with Crippen LogP contribution in [0.1, 0.15) is 40.9 Å². The highest BCUT2D eigenvalue weighted by molar-refractivity contribution is 7.22. The number of benzene rings is 2. The SMILES string of the molecule is CCN(CC)CCN(C(=O)c1cccc(C)c1)c1nc2cc(C)c(C)cc2s1.Cl. The zero-order valence-electron chi connectivity index (χ0n) is 17.9. The number of amides is 1. The molecule has 3 rings (SSSR count). The average molecular weight is 432 g/mol. The second-order valence-electron chi connectivity index (χ2n) is 7.25. The number of aryl methyl sites for hydroxylation is 3. The number of likely N-dealkylation sites (N-methyl/N-ethyl adjacent to an activating group) is 1. The van der Waals surface area contributed by atoms with Crippen LogP contribution in [0.4, 0.5) is 5.13 Å². The molecule has 1 heterocycles. The summed E-state index contributed by atoms with van der Waals surface area (Å²) in [5.41, 5.74) is 5.25. The van der Waals surface area contributed by atoms with E-state index in [-0.39, 0.29) is 18.3 Å². The molecule has 6 heteroatoms. The van der Waals surface area contributed by atoms with Crippen LogP contribution in [0.25, 0.3) is 10.2 Å². The molecule has 0 aliphatic rings. The average Bonchev–Trinajstić information content (AvgIpc) is 3.07. The van der Waals surface area contributed by atoms with Gasteiger partial charge in [0.25, 0.3) is 5.91 Å². The Labute approximate surface area is 184 Å². The predicted octanol–water partition coefficient (Wildman–Crippen LogP) is 5.63. The fourth-order valence-electron chi connectivity index (χ4n) is 3.28. The Hall–Kier alpha value is -1.95. The summed E-state index contributed by atoms with van der Waals surface area (Å²) in [7, 11) is 0. The number of aromatic nitrogens is 1. The van der Waals surface area contributed by atoms with Crippen LogP contribution >= 0.6 is 23.7 Å². The summed E-state index contributed by atoms with van der Waals surface area (Å²) >= 11 is 1.60. The van der Waals surface area contributed by atoms with Crippen molar-refractivity contribution in [2.24, 2.45) is 0 Å². The van der Waals surface area contributed by atoms with E-state index in [4.69, 9.17) is 4.98 Å². The number of carbonyl (C=O) groups excluding carboxylic acids is 1. The number of hydrogen-bond acceptors (Lipinski definition) is 4. The topological polar surface area (TPSA) is 36.4 Å². The highest BCUT2D eigenvalue weighted by Gasteiger charge is 2.22. The van der Waals surface area contributed by atoms with E-state index in [9.17, 15) is 4.79 Å². The van der Waals surface area contributed by atoms with Crippen molar-refractivity contribution in [3.8, 4) is 0 Å². The maximum absolute atomic E-state index is 13.4. The number of hydrogen-bond donors (Lipinski definition) is 0. The molecule has 156 valence electrons. The van der Waals surface area contributed by atoms with Crippen LogP contribution in [0, 0.1) is 20.8 Å². The van der Waals surface area contributed by atoms with Gasteiger partial charge in [-0.05, 0) is 69.3 Å². The molecule has 29 heavy (non-hydrogen) atoms. The summed E-state index contributed by atoms with van der Waals surface area (Å²) in [6.07, 6.45) is 0. The smallest absolute Gasteiger partial charge is 0.260 e. The van der Waals surface area contributed by atoms with Crippen molar-refractivity contribution in [1.29, 1.82) is 0 Å². The first kappa shape index (κ1) is 23.3. The molecule has 0 aliphatic carbocycles. The van der Waals surface area contributed by atoms with Crippen LogP contribution in [-0.4, -0.2) is 42.0 Å². The van der Waals surface area contributed by atoms with Gasteiger partial charge in [0.05, 0.1) is 10.2 Å². The van der Waals surface area contributed by atoms with Crippen molar-refractivity contribution < 1.29 is 4.79 Å². The molecule has 4 nitrogen and oxygen atoms in total. The van der Waals surface area contributed by atoms with Gasteiger partial charge < -0.3 is 4.90 Å². The van der Waals surface area contributed by atoms with Gasteiger partial charge in [-0.1, -0.05) is 42.9 Å². The van der Waals surface area contributed by atoms with Gasteiger partial charge in [-0.25, -0.2) is 4.98 Å². The third-order valence-corrected chi connectivity index (χ3v) is 6.31. The fraction of sp³-hybridized carbons (Fsp3) is 0.391. The van der Waals surface area contributed by atoms with Gasteiger partial charge in [-0.3, -0.25) is 9.69 Å². The van der Waals surface area contributed by atoms with E-state index in [0.717, 1.165) is 40.5 Å². The number of halogens is 1. The zero-order valence-corrected chi connectivity index (χ0v) is 19.5. The van der Waals surface area contributed by atoms with E-state index < -0.39 is 0 Å². The molecule has 0 aliphatic heterocycles. The van der Waals surface area contributed by atoms with Gasteiger partial charge in [-0.15, -0.1) is 12.4 Å². The third kappa shape index (κ3) is 5.35. The van der Waals surface area contributed by atoms with E-state index in [0.29, 0.717) is 12.1 Å². The number of anilines is 1. The van der Waals surface area contributed by atoms with Crippen LogP contribution in [-0.2, 0) is 0 Å². The first-order chi connectivity index (χ1) is 13.4. The summed E-state index contributed by atoms with van der Waals surface area (Å²) < 4.78 is 1.13. The van der Waals surface area contributed by atoms with E-state index in [1.54, 1.807) is 11.3 Å². The first-order valence-corrected chi connectivity index (χ1v) is 10.7. The molecule has 0 unspecified atom stereocenters. The summed E-state index contributed by atoms with van der Waals surface area (Å²) in [4.78, 5) is 22.4. The van der Waals surface area contributed by atoms with E-state index in [1.165, 1.54) is 11.1 Å². The maximum Gasteiger partial charge on any atom is 0.260 e. The Morgan fingerprint density at radius 1 is 1.00 bits per heavy atom. The summed E-state index contributed by atoms with van der Waals surface area (Å²) in [6, 6.07) is 12.1. The third-order valence-electron chi connectivity index (χ3n) is 5.27. The molecule has 1 amide bonds. The van der Waals surface area contributed by atoms with E-state index in [2.05, 4.69) is 44.7 Å². The second-order valence-corrected chi connectivity index (χ2v) is 8.26. The molecule has 2 aromatic carbocycles. The van der Waals surface area contributed by atoms with Crippen molar-refractivity contribution >= 4 is 45.0 Å². The van der Waals surface area contributed by atoms with Crippen molar-refractivity contribution in [1.82, 2.24) is 9.88 Å². The molecule has 0 spiro atoms. The molecule has 0 atom stereocenters. The highest BCUT2D eigenvalue weighted by Crippen LogP contribution is 2.31. The normalized spacial score (nSPS) is 11.0. The number of fused-ring (bicyclic) bond motifs is 1. The second kappa shape index (κ2) is 10.2. The zero-order chi connectivity index (χ0) is 20.3. The molecule has 0 N–H and O–H groups in total. The Morgan fingerprint density at radius 2 is 1.69 bits per heavy atom. The maximum atomic E-state index is 13.4. The molecule has 0 radical (unpaired) electrons. The van der Waals surface area contributed by atoms with Crippen LogP contribution in [0.15, 0.2) is 36.4 Å². The standard InChI is InChI=1S/C23H29N3OS.ClH/c1-6-25(7-2)11-12-26(22(27)19-10-8-9-16(3)13-19)23-24-20-14-17(4)18(5)15-21(20)28-23;/h8-10,13-15H,6-7,11-12H2,1-5H3;1H. The van der Waals surface area contributed by atoms with Gasteiger partial charge in [0.15, 0.2) is 5.13 Å². The van der Waals surface area contributed by atoms with E-state index in [1.807, 2.05) is 36.1 Å². The van der Waals surface area contributed by atoms with Crippen LogP contribution in [0.2, 0.25) is 0 Å². The molecule has 0 saturated carbocycles. The lowest BCUT2D eigenvalue weighted by molar-refractivity contribution is 0.0983. The van der Waals surface area contributed by atoms with Crippen LogP contribution < -0.4 is 4.90 Å². The van der Waals surface area contributed by atoms with Crippen molar-refractivity contribution in [2.75, 3.05) is 31.1 Å². The molecular formula is C23H30ClN3OS. The lowest BCUT2D eigenvalue weighted by Crippen LogP contribution is -2.38. The van der Waals surface area contributed by atoms with Crippen molar-refractivity contribution in [3.05, 3.63) is 58.7 Å². The lowest BCUT2D eigenvalue weighted by Gasteiger charge is -2.24. The Balaban J connectivity index is 0.00000300. The van der Waals surface area contributed by atoms with Gasteiger partial charge in [0, 0.05) is 18.7 Å². The molecular weight excluding hydrogens is 402 g/mol. The Bertz CT molecular complexity index is 942. The molecule has 0 saturated heterocycles. The van der Waals surface area contributed by atoms with Gasteiger partial charge >= 0.3 is 0 Å². The molecule has 1 aromatic heterocycles. The van der Waals surface area contributed by atoms with Gasteiger partial charge in [0.1, 0.15) is 0 Å². The number of nitrogens with zero attached hydrogens (tertiary/aromatic N) is 3. The summed E-state index contributed by atoms with van der Waals surface area (Å²) in [5, 5.41) is 0.777. The van der Waals surface area contributed by atoms with Crippen LogP contribution in [0.3, 0.4) is 0 Å². The number of rotatable bonds is 7. The van der Waals surface area contributed by atoms with E-state index >= 15 is 0 Å². The highest BCUT2D eigenvalue weighted by atomic mass is 35.5. The minimum absolute atomic E-state index is 0. The van der Waals surface area contributed by atoms with Crippen molar-refractivity contribution in [2.45, 2.75) is 34.6 Å². The fourth-order valence-corrected chi connectivity index (χ4v) is 4.35. The molecule has 3 aromatic rings. The molecule has 0 bridgehead atoms. The minimum Gasteiger partial charge on any atom is -0.302 e.